The molecule has 0 aromatic carbocycles. The van der Waals surface area contributed by atoms with Crippen LogP contribution in [-0.4, -0.2) is 37.3 Å². The summed E-state index contributed by atoms with van der Waals surface area (Å²) in [7, 11) is -3.17. The first kappa shape index (κ1) is 10.8. The molecule has 1 saturated carbocycles. The number of carbonyl (C=O) groups is 1. The summed E-state index contributed by atoms with van der Waals surface area (Å²) in [6.45, 7) is 4.14. The summed E-state index contributed by atoms with van der Waals surface area (Å²) in [6.07, 6.45) is 3.00. The molecular formula is C10H15NO3S. The number of carbonyl (C=O) groups excluding carboxylic acids is 1. The zero-order valence-corrected chi connectivity index (χ0v) is 9.59. The summed E-state index contributed by atoms with van der Waals surface area (Å²) in [5.74, 6) is 0.131. The van der Waals surface area contributed by atoms with Gasteiger partial charge in [0.05, 0.1) is 6.26 Å². The van der Waals surface area contributed by atoms with Crippen molar-refractivity contribution < 1.29 is 13.2 Å². The fourth-order valence-electron chi connectivity index (χ4n) is 2.49. The van der Waals surface area contributed by atoms with Gasteiger partial charge in [0.15, 0.2) is 0 Å². The minimum atomic E-state index is -3.17. The lowest BCUT2D eigenvalue weighted by Crippen LogP contribution is -2.50. The largest absolute Gasteiger partial charge is 0.299 e. The first-order chi connectivity index (χ1) is 6.89. The van der Waals surface area contributed by atoms with Crippen LogP contribution in [0.1, 0.15) is 19.3 Å². The Balaban J connectivity index is 2.28. The van der Waals surface area contributed by atoms with Crippen LogP contribution in [0.2, 0.25) is 0 Å². The Hall–Kier alpha value is -0.680. The second-order valence-electron chi connectivity index (χ2n) is 4.41. The Kier molecular flexibility index (Phi) is 2.47. The molecule has 0 aromatic rings. The molecule has 15 heavy (non-hydrogen) atoms. The number of nitrogens with zero attached hydrogens (tertiary/aromatic N) is 1. The molecule has 0 spiro atoms. The highest BCUT2D eigenvalue weighted by Gasteiger charge is 2.41. The normalized spacial score (nSPS) is 33.1. The summed E-state index contributed by atoms with van der Waals surface area (Å²) < 4.78 is 24.5. The fraction of sp³-hybridized carbons (Fsp3) is 0.700. The number of piperidine rings is 1. The quantitative estimate of drug-likeness (QED) is 0.617. The third-order valence-corrected chi connectivity index (χ3v) is 4.58. The molecule has 1 unspecified atom stereocenters. The molecule has 0 aromatic heterocycles. The molecule has 4 nitrogen and oxygen atoms in total. The zero-order valence-electron chi connectivity index (χ0n) is 8.77. The van der Waals surface area contributed by atoms with Crippen LogP contribution in [0.4, 0.5) is 0 Å². The van der Waals surface area contributed by atoms with E-state index in [2.05, 4.69) is 6.58 Å². The maximum Gasteiger partial charge on any atom is 0.211 e. The Morgan fingerprint density at radius 3 is 2.73 bits per heavy atom. The lowest BCUT2D eigenvalue weighted by molar-refractivity contribution is -0.125. The molecule has 2 aliphatic rings. The highest BCUT2D eigenvalue weighted by atomic mass is 32.2. The summed E-state index contributed by atoms with van der Waals surface area (Å²) in [6, 6.07) is 0.00759. The monoisotopic (exact) mass is 229 g/mol. The van der Waals surface area contributed by atoms with E-state index >= 15 is 0 Å². The summed E-state index contributed by atoms with van der Waals surface area (Å²) in [5, 5.41) is 0. The highest BCUT2D eigenvalue weighted by Crippen LogP contribution is 2.36. The number of fused-ring (bicyclic) bond motifs is 2. The van der Waals surface area contributed by atoms with Crippen molar-refractivity contribution in [3.8, 4) is 0 Å². The maximum absolute atomic E-state index is 11.5. The van der Waals surface area contributed by atoms with Crippen molar-refractivity contribution in [1.29, 1.82) is 0 Å². The lowest BCUT2D eigenvalue weighted by Gasteiger charge is -2.41. The lowest BCUT2D eigenvalue weighted by atomic mass is 9.77. The van der Waals surface area contributed by atoms with Gasteiger partial charge < -0.3 is 0 Å². The van der Waals surface area contributed by atoms with Gasteiger partial charge in [-0.05, 0) is 12.8 Å². The van der Waals surface area contributed by atoms with Gasteiger partial charge in [0.25, 0.3) is 0 Å². The van der Waals surface area contributed by atoms with Crippen molar-refractivity contribution >= 4 is 15.8 Å². The number of hydrogen-bond donors (Lipinski definition) is 0. The minimum Gasteiger partial charge on any atom is -0.299 e. The Morgan fingerprint density at radius 1 is 1.47 bits per heavy atom. The predicted octanol–water partition coefficient (Wildman–Crippen LogP) is 0.556. The SMILES string of the molecule is C=C1CN(S(C)(=O)=O)[C@@H]2CCC(=O)C1C2. The zero-order chi connectivity index (χ0) is 11.2. The van der Waals surface area contributed by atoms with Crippen LogP contribution >= 0.6 is 0 Å². The van der Waals surface area contributed by atoms with E-state index in [0.717, 1.165) is 5.57 Å². The van der Waals surface area contributed by atoms with Crippen molar-refractivity contribution in [2.24, 2.45) is 5.92 Å². The molecule has 1 aliphatic heterocycles. The third-order valence-electron chi connectivity index (χ3n) is 3.31. The van der Waals surface area contributed by atoms with E-state index < -0.39 is 10.0 Å². The molecule has 1 saturated heterocycles. The molecule has 0 radical (unpaired) electrons. The van der Waals surface area contributed by atoms with E-state index in [4.69, 9.17) is 0 Å². The van der Waals surface area contributed by atoms with Crippen LogP contribution in [0.15, 0.2) is 12.2 Å². The summed E-state index contributed by atoms with van der Waals surface area (Å²) >= 11 is 0. The highest BCUT2D eigenvalue weighted by molar-refractivity contribution is 7.88. The minimum absolute atomic E-state index is 0.00759. The first-order valence-electron chi connectivity index (χ1n) is 5.07. The van der Waals surface area contributed by atoms with Gasteiger partial charge in [-0.1, -0.05) is 12.2 Å². The second kappa shape index (κ2) is 3.42. The van der Waals surface area contributed by atoms with Crippen LogP contribution in [0.3, 0.4) is 0 Å². The molecule has 2 fully saturated rings. The average Bonchev–Trinajstić information content (AvgIpc) is 2.13. The van der Waals surface area contributed by atoms with Gasteiger partial charge in [-0.15, -0.1) is 0 Å². The number of sulfonamides is 1. The Bertz CT molecular complexity index is 412. The number of rotatable bonds is 1. The second-order valence-corrected chi connectivity index (χ2v) is 6.35. The van der Waals surface area contributed by atoms with E-state index in [9.17, 15) is 13.2 Å². The van der Waals surface area contributed by atoms with E-state index in [1.54, 1.807) is 0 Å². The van der Waals surface area contributed by atoms with Crippen molar-refractivity contribution in [1.82, 2.24) is 4.31 Å². The Labute approximate surface area is 90.0 Å². The van der Waals surface area contributed by atoms with E-state index in [1.165, 1.54) is 10.6 Å². The van der Waals surface area contributed by atoms with Gasteiger partial charge >= 0.3 is 0 Å². The summed E-state index contributed by atoms with van der Waals surface area (Å²) in [4.78, 5) is 11.5. The molecule has 0 N–H and O–H groups in total. The van der Waals surface area contributed by atoms with Crippen LogP contribution < -0.4 is 0 Å². The topological polar surface area (TPSA) is 54.5 Å². The predicted molar refractivity (Wildman–Crippen MR) is 56.8 cm³/mol. The average molecular weight is 229 g/mol. The van der Waals surface area contributed by atoms with Gasteiger partial charge in [-0.25, -0.2) is 8.42 Å². The number of Topliss-reactive ketones (excluding diaryl/α,β-unsaturated/α-hetero) is 1. The summed E-state index contributed by atoms with van der Waals surface area (Å²) in [5.41, 5.74) is 0.751. The van der Waals surface area contributed by atoms with Gasteiger partial charge in [0.2, 0.25) is 10.0 Å². The maximum atomic E-state index is 11.5. The van der Waals surface area contributed by atoms with E-state index in [-0.39, 0.29) is 17.7 Å². The standard InChI is InChI=1S/C10H15NO3S/c1-7-6-11(15(2,13)14)8-3-4-10(12)9(7)5-8/h8-9H,1,3-6H2,2H3/t8-,9?/m1/s1. The van der Waals surface area contributed by atoms with Crippen LogP contribution in [0.5, 0.6) is 0 Å². The molecule has 0 amide bonds. The molecule has 84 valence electrons. The fourth-order valence-corrected chi connectivity index (χ4v) is 3.62. The van der Waals surface area contributed by atoms with E-state index in [0.29, 0.717) is 25.8 Å². The third kappa shape index (κ3) is 1.86. The van der Waals surface area contributed by atoms with Crippen molar-refractivity contribution in [3.05, 3.63) is 12.2 Å². The molecule has 2 atom stereocenters. The molecule has 1 aliphatic carbocycles. The molecular weight excluding hydrogens is 214 g/mol. The molecule has 5 heteroatoms. The van der Waals surface area contributed by atoms with Crippen molar-refractivity contribution in [2.75, 3.05) is 12.8 Å². The molecule has 1 heterocycles. The van der Waals surface area contributed by atoms with Gasteiger partial charge in [0, 0.05) is 24.9 Å². The van der Waals surface area contributed by atoms with Crippen LogP contribution in [0, 0.1) is 5.92 Å². The van der Waals surface area contributed by atoms with Gasteiger partial charge in [-0.3, -0.25) is 4.79 Å². The number of ketones is 1. The molecule has 2 rings (SSSR count). The van der Waals surface area contributed by atoms with Crippen LogP contribution in [-0.2, 0) is 14.8 Å². The molecule has 2 bridgehead atoms. The first-order valence-corrected chi connectivity index (χ1v) is 6.91. The van der Waals surface area contributed by atoms with Crippen molar-refractivity contribution in [2.45, 2.75) is 25.3 Å². The van der Waals surface area contributed by atoms with E-state index in [1.807, 2.05) is 0 Å². The smallest absolute Gasteiger partial charge is 0.211 e. The Morgan fingerprint density at radius 2 is 2.13 bits per heavy atom. The van der Waals surface area contributed by atoms with Crippen LogP contribution in [0.25, 0.3) is 0 Å². The number of hydrogen-bond acceptors (Lipinski definition) is 3. The van der Waals surface area contributed by atoms with Gasteiger partial charge in [0.1, 0.15) is 5.78 Å². The van der Waals surface area contributed by atoms with Gasteiger partial charge in [-0.2, -0.15) is 4.31 Å². The van der Waals surface area contributed by atoms with Crippen molar-refractivity contribution in [3.63, 3.8) is 0 Å².